The van der Waals surface area contributed by atoms with Crippen LogP contribution in [0.15, 0.2) is 51.9 Å². The second-order valence-corrected chi connectivity index (χ2v) is 8.06. The van der Waals surface area contributed by atoms with E-state index >= 15 is 0 Å². The lowest BCUT2D eigenvalue weighted by molar-refractivity contribution is 0.0371. The SMILES string of the molecule is O=c1c(-c2ccc(O)cc2)coc2cc(OCCCCCCN3CCOCC3)cc(O)c12. The van der Waals surface area contributed by atoms with E-state index in [0.29, 0.717) is 23.5 Å². The van der Waals surface area contributed by atoms with E-state index in [0.717, 1.165) is 52.1 Å². The van der Waals surface area contributed by atoms with Gasteiger partial charge in [0.15, 0.2) is 0 Å². The number of ether oxygens (including phenoxy) is 2. The minimum absolute atomic E-state index is 0.112. The lowest BCUT2D eigenvalue weighted by Crippen LogP contribution is -2.36. The van der Waals surface area contributed by atoms with Gasteiger partial charge < -0.3 is 24.1 Å². The number of aromatic hydroxyl groups is 2. The van der Waals surface area contributed by atoms with Crippen LogP contribution in [0.2, 0.25) is 0 Å². The molecular weight excluding hydrogens is 410 g/mol. The Morgan fingerprint density at radius 3 is 2.50 bits per heavy atom. The molecule has 7 heteroatoms. The number of hydrogen-bond acceptors (Lipinski definition) is 7. The van der Waals surface area contributed by atoms with Crippen molar-refractivity contribution < 1.29 is 24.1 Å². The third-order valence-corrected chi connectivity index (χ3v) is 5.75. The molecule has 0 spiro atoms. The van der Waals surface area contributed by atoms with Gasteiger partial charge in [0.2, 0.25) is 5.43 Å². The molecule has 1 fully saturated rings. The fraction of sp³-hybridized carbons (Fsp3) is 0.400. The molecule has 2 heterocycles. The summed E-state index contributed by atoms with van der Waals surface area (Å²) < 4.78 is 16.8. The Labute approximate surface area is 186 Å². The molecule has 0 radical (unpaired) electrons. The largest absolute Gasteiger partial charge is 0.508 e. The van der Waals surface area contributed by atoms with E-state index < -0.39 is 0 Å². The van der Waals surface area contributed by atoms with Gasteiger partial charge in [-0.1, -0.05) is 25.0 Å². The topological polar surface area (TPSA) is 92.4 Å². The Bertz CT molecular complexity index is 1090. The first kappa shape index (κ1) is 22.2. The molecule has 7 nitrogen and oxygen atoms in total. The fourth-order valence-electron chi connectivity index (χ4n) is 3.94. The van der Waals surface area contributed by atoms with Crippen molar-refractivity contribution in [3.63, 3.8) is 0 Å². The fourth-order valence-corrected chi connectivity index (χ4v) is 3.94. The molecule has 2 N–H and O–H groups in total. The van der Waals surface area contributed by atoms with Crippen LogP contribution in [0.1, 0.15) is 25.7 Å². The van der Waals surface area contributed by atoms with Crippen molar-refractivity contribution in [1.82, 2.24) is 4.90 Å². The van der Waals surface area contributed by atoms with Crippen molar-refractivity contribution in [2.45, 2.75) is 25.7 Å². The molecule has 0 unspecified atom stereocenters. The lowest BCUT2D eigenvalue weighted by Gasteiger charge is -2.26. The molecule has 0 aliphatic carbocycles. The summed E-state index contributed by atoms with van der Waals surface area (Å²) in [5.74, 6) is 0.418. The van der Waals surface area contributed by atoms with Crippen LogP contribution in [0.25, 0.3) is 22.1 Å². The van der Waals surface area contributed by atoms with Gasteiger partial charge in [-0.15, -0.1) is 0 Å². The normalized spacial score (nSPS) is 14.6. The maximum atomic E-state index is 12.9. The van der Waals surface area contributed by atoms with Crippen molar-refractivity contribution in [2.75, 3.05) is 39.5 Å². The van der Waals surface area contributed by atoms with Gasteiger partial charge in [0.1, 0.15) is 34.5 Å². The molecule has 0 bridgehead atoms. The summed E-state index contributed by atoms with van der Waals surface area (Å²) >= 11 is 0. The molecule has 0 amide bonds. The van der Waals surface area contributed by atoms with Crippen LogP contribution < -0.4 is 10.2 Å². The van der Waals surface area contributed by atoms with Gasteiger partial charge in [0.25, 0.3) is 0 Å². The number of morpholine rings is 1. The summed E-state index contributed by atoms with van der Waals surface area (Å²) in [6.07, 6.45) is 5.69. The quantitative estimate of drug-likeness (QED) is 0.484. The first-order valence-corrected chi connectivity index (χ1v) is 11.1. The van der Waals surface area contributed by atoms with E-state index in [1.807, 2.05) is 0 Å². The number of fused-ring (bicyclic) bond motifs is 1. The highest BCUT2D eigenvalue weighted by Gasteiger charge is 2.15. The van der Waals surface area contributed by atoms with Gasteiger partial charge in [-0.05, 0) is 37.1 Å². The van der Waals surface area contributed by atoms with Gasteiger partial charge in [0.05, 0.1) is 25.4 Å². The van der Waals surface area contributed by atoms with Crippen LogP contribution in [-0.4, -0.2) is 54.6 Å². The van der Waals surface area contributed by atoms with E-state index in [1.165, 1.54) is 30.9 Å². The molecule has 0 saturated carbocycles. The van der Waals surface area contributed by atoms with Gasteiger partial charge in [-0.3, -0.25) is 9.69 Å². The first-order chi connectivity index (χ1) is 15.6. The second kappa shape index (κ2) is 10.5. The number of unbranched alkanes of at least 4 members (excludes halogenated alkanes) is 3. The highest BCUT2D eigenvalue weighted by atomic mass is 16.5. The third-order valence-electron chi connectivity index (χ3n) is 5.75. The highest BCUT2D eigenvalue weighted by Crippen LogP contribution is 2.30. The van der Waals surface area contributed by atoms with Gasteiger partial charge in [0, 0.05) is 25.2 Å². The number of rotatable bonds is 9. The minimum atomic E-state index is -0.332. The first-order valence-electron chi connectivity index (χ1n) is 11.1. The lowest BCUT2D eigenvalue weighted by atomic mass is 10.0. The van der Waals surface area contributed by atoms with E-state index in [4.69, 9.17) is 13.9 Å². The maximum Gasteiger partial charge on any atom is 0.204 e. The smallest absolute Gasteiger partial charge is 0.204 e. The zero-order valence-corrected chi connectivity index (χ0v) is 18.1. The number of hydrogen-bond donors (Lipinski definition) is 2. The van der Waals surface area contributed by atoms with Crippen molar-refractivity contribution in [3.05, 3.63) is 52.9 Å². The number of benzene rings is 2. The Morgan fingerprint density at radius 2 is 1.72 bits per heavy atom. The zero-order valence-electron chi connectivity index (χ0n) is 18.1. The maximum absolute atomic E-state index is 12.9. The second-order valence-electron chi connectivity index (χ2n) is 8.06. The molecule has 4 rings (SSSR count). The van der Waals surface area contributed by atoms with Gasteiger partial charge >= 0.3 is 0 Å². The monoisotopic (exact) mass is 439 g/mol. The summed E-state index contributed by atoms with van der Waals surface area (Å²) in [4.78, 5) is 15.3. The summed E-state index contributed by atoms with van der Waals surface area (Å²) in [5, 5.41) is 20.0. The van der Waals surface area contributed by atoms with Crippen molar-refractivity contribution >= 4 is 11.0 Å². The average Bonchev–Trinajstić information content (AvgIpc) is 2.80. The molecule has 1 aliphatic heterocycles. The molecule has 32 heavy (non-hydrogen) atoms. The molecular formula is C25H29NO6. The van der Waals surface area contributed by atoms with Crippen LogP contribution in [0.5, 0.6) is 17.2 Å². The Morgan fingerprint density at radius 1 is 0.969 bits per heavy atom. The van der Waals surface area contributed by atoms with Crippen LogP contribution in [0.4, 0.5) is 0 Å². The number of phenols is 2. The van der Waals surface area contributed by atoms with Crippen molar-refractivity contribution in [2.24, 2.45) is 0 Å². The summed E-state index contributed by atoms with van der Waals surface area (Å²) in [5.41, 5.74) is 0.865. The van der Waals surface area contributed by atoms with Crippen LogP contribution in [0, 0.1) is 0 Å². The van der Waals surface area contributed by atoms with E-state index in [2.05, 4.69) is 4.90 Å². The zero-order chi connectivity index (χ0) is 22.3. The molecule has 0 atom stereocenters. The minimum Gasteiger partial charge on any atom is -0.508 e. The third kappa shape index (κ3) is 5.41. The number of nitrogens with zero attached hydrogens (tertiary/aromatic N) is 1. The summed E-state index contributed by atoms with van der Waals surface area (Å²) in [7, 11) is 0. The molecule has 170 valence electrons. The Balaban J connectivity index is 1.31. The molecule has 2 aromatic carbocycles. The molecule has 3 aromatic rings. The van der Waals surface area contributed by atoms with Crippen LogP contribution in [0.3, 0.4) is 0 Å². The van der Waals surface area contributed by atoms with Crippen LogP contribution in [-0.2, 0) is 4.74 Å². The van der Waals surface area contributed by atoms with Gasteiger partial charge in [-0.25, -0.2) is 0 Å². The Kier molecular flexibility index (Phi) is 7.29. The van der Waals surface area contributed by atoms with Crippen molar-refractivity contribution in [1.29, 1.82) is 0 Å². The van der Waals surface area contributed by atoms with E-state index in [9.17, 15) is 15.0 Å². The van der Waals surface area contributed by atoms with E-state index in [-0.39, 0.29) is 27.9 Å². The average molecular weight is 440 g/mol. The summed E-state index contributed by atoms with van der Waals surface area (Å²) in [6, 6.07) is 9.34. The number of phenolic OH excluding ortho intramolecular Hbond substituents is 2. The predicted molar refractivity (Wildman–Crippen MR) is 122 cm³/mol. The highest BCUT2D eigenvalue weighted by molar-refractivity contribution is 5.88. The van der Waals surface area contributed by atoms with E-state index in [1.54, 1.807) is 18.2 Å². The molecule has 1 aliphatic rings. The standard InChI is InChI=1S/C25H29NO6/c27-19-7-5-18(6-8-19)21-17-32-23-16-20(15-22(28)24(23)25(21)29)31-12-4-2-1-3-9-26-10-13-30-14-11-26/h5-8,15-17,27-28H,1-4,9-14H2. The predicted octanol–water partition coefficient (Wildman–Crippen LogP) is 4.14. The van der Waals surface area contributed by atoms with Crippen LogP contribution >= 0.6 is 0 Å². The van der Waals surface area contributed by atoms with Crippen molar-refractivity contribution in [3.8, 4) is 28.4 Å². The van der Waals surface area contributed by atoms with Gasteiger partial charge in [-0.2, -0.15) is 0 Å². The summed E-state index contributed by atoms with van der Waals surface area (Å²) in [6.45, 7) is 5.39. The molecule has 1 aromatic heterocycles. The Hall–Kier alpha value is -3.03. The molecule has 1 saturated heterocycles.